The first-order chi connectivity index (χ1) is 8.71. The van der Waals surface area contributed by atoms with Crippen LogP contribution in [0.1, 0.15) is 26.7 Å². The first kappa shape index (κ1) is 14.9. The van der Waals surface area contributed by atoms with Crippen LogP contribution >= 0.6 is 11.8 Å². The molecule has 4 heteroatoms. The highest BCUT2D eigenvalue weighted by atomic mass is 32.2. The van der Waals surface area contributed by atoms with Gasteiger partial charge >= 0.3 is 6.09 Å². The third-order valence-electron chi connectivity index (χ3n) is 2.89. The van der Waals surface area contributed by atoms with E-state index in [0.717, 1.165) is 10.6 Å². The Morgan fingerprint density at radius 1 is 1.33 bits per heavy atom. The Bertz CT molecular complexity index is 378. The number of nitrogens with one attached hydrogen (secondary N) is 1. The second-order valence-electron chi connectivity index (χ2n) is 4.08. The topological polar surface area (TPSA) is 38.3 Å². The van der Waals surface area contributed by atoms with E-state index >= 15 is 0 Å². The minimum absolute atomic E-state index is 0.425. The van der Waals surface area contributed by atoms with E-state index in [9.17, 15) is 4.79 Å². The van der Waals surface area contributed by atoms with E-state index in [1.54, 1.807) is 18.8 Å². The molecule has 0 heterocycles. The molecule has 0 aliphatic rings. The van der Waals surface area contributed by atoms with Gasteiger partial charge in [0.15, 0.2) is 0 Å². The summed E-state index contributed by atoms with van der Waals surface area (Å²) in [4.78, 5) is 12.3. The van der Waals surface area contributed by atoms with Gasteiger partial charge in [-0.2, -0.15) is 0 Å². The van der Waals surface area contributed by atoms with E-state index in [0.29, 0.717) is 11.7 Å². The van der Waals surface area contributed by atoms with Crippen LogP contribution in [-0.4, -0.2) is 18.9 Å². The van der Waals surface area contributed by atoms with Crippen molar-refractivity contribution < 1.29 is 9.53 Å². The predicted octanol–water partition coefficient (Wildman–Crippen LogP) is 3.93. The standard InChI is InChI=1S/C14H21NO2S/c1-4-11(5-2)10-18-13-9-7-6-8-12(13)17-14(16)15-3/h6-9,11H,4-5,10H2,1-3H3,(H,15,16). The molecule has 0 spiro atoms. The molecule has 0 bridgehead atoms. The predicted molar refractivity (Wildman–Crippen MR) is 76.3 cm³/mol. The minimum atomic E-state index is -0.425. The molecule has 0 unspecified atom stereocenters. The van der Waals surface area contributed by atoms with Gasteiger partial charge in [0.25, 0.3) is 0 Å². The maximum Gasteiger partial charge on any atom is 0.412 e. The molecule has 1 aromatic rings. The Morgan fingerprint density at radius 2 is 2.00 bits per heavy atom. The number of ether oxygens (including phenoxy) is 1. The fourth-order valence-electron chi connectivity index (χ4n) is 1.54. The molecule has 0 saturated heterocycles. The van der Waals surface area contributed by atoms with Gasteiger partial charge in [-0.1, -0.05) is 38.8 Å². The maximum absolute atomic E-state index is 11.2. The molecule has 0 saturated carbocycles. The Hall–Kier alpha value is -1.16. The fourth-order valence-corrected chi connectivity index (χ4v) is 2.85. The van der Waals surface area contributed by atoms with Crippen molar-refractivity contribution >= 4 is 17.9 Å². The molecular formula is C14H21NO2S. The summed E-state index contributed by atoms with van der Waals surface area (Å²) in [6.45, 7) is 4.42. The molecule has 0 radical (unpaired) electrons. The normalized spacial score (nSPS) is 10.4. The van der Waals surface area contributed by atoms with Crippen LogP contribution in [0, 0.1) is 5.92 Å². The molecule has 1 aromatic carbocycles. The van der Waals surface area contributed by atoms with E-state index in [1.165, 1.54) is 12.8 Å². The van der Waals surface area contributed by atoms with Crippen LogP contribution in [-0.2, 0) is 0 Å². The molecule has 0 aliphatic heterocycles. The summed E-state index contributed by atoms with van der Waals surface area (Å²) < 4.78 is 5.22. The van der Waals surface area contributed by atoms with Gasteiger partial charge in [-0.15, -0.1) is 11.8 Å². The van der Waals surface area contributed by atoms with Crippen LogP contribution in [0.15, 0.2) is 29.2 Å². The quantitative estimate of drug-likeness (QED) is 0.794. The van der Waals surface area contributed by atoms with Crippen LogP contribution in [0.5, 0.6) is 5.75 Å². The molecule has 1 N–H and O–H groups in total. The zero-order valence-electron chi connectivity index (χ0n) is 11.2. The van der Waals surface area contributed by atoms with E-state index in [1.807, 2.05) is 24.3 Å². The number of para-hydroxylation sites is 1. The zero-order chi connectivity index (χ0) is 13.4. The average Bonchev–Trinajstić information content (AvgIpc) is 2.41. The average molecular weight is 267 g/mol. The summed E-state index contributed by atoms with van der Waals surface area (Å²) in [5, 5.41) is 2.46. The van der Waals surface area contributed by atoms with Crippen molar-refractivity contribution in [1.82, 2.24) is 5.32 Å². The van der Waals surface area contributed by atoms with Gasteiger partial charge in [0.1, 0.15) is 5.75 Å². The molecule has 0 atom stereocenters. The van der Waals surface area contributed by atoms with Crippen molar-refractivity contribution in [3.05, 3.63) is 24.3 Å². The number of hydrogen-bond acceptors (Lipinski definition) is 3. The summed E-state index contributed by atoms with van der Waals surface area (Å²) >= 11 is 1.75. The lowest BCUT2D eigenvalue weighted by Crippen LogP contribution is -2.22. The highest BCUT2D eigenvalue weighted by Gasteiger charge is 2.10. The van der Waals surface area contributed by atoms with E-state index < -0.39 is 6.09 Å². The number of carbonyl (C=O) groups is 1. The van der Waals surface area contributed by atoms with Crippen molar-refractivity contribution in [3.63, 3.8) is 0 Å². The van der Waals surface area contributed by atoms with Crippen molar-refractivity contribution in [2.24, 2.45) is 5.92 Å². The number of thioether (sulfide) groups is 1. The minimum Gasteiger partial charge on any atom is -0.409 e. The lowest BCUT2D eigenvalue weighted by Gasteiger charge is -2.13. The Balaban J connectivity index is 2.67. The second-order valence-corrected chi connectivity index (χ2v) is 5.14. The number of hydrogen-bond donors (Lipinski definition) is 1. The highest BCUT2D eigenvalue weighted by molar-refractivity contribution is 7.99. The first-order valence-electron chi connectivity index (χ1n) is 6.32. The van der Waals surface area contributed by atoms with Gasteiger partial charge in [0, 0.05) is 12.8 Å². The molecule has 18 heavy (non-hydrogen) atoms. The smallest absolute Gasteiger partial charge is 0.409 e. The highest BCUT2D eigenvalue weighted by Crippen LogP contribution is 2.31. The molecule has 0 fully saturated rings. The Morgan fingerprint density at radius 3 is 2.61 bits per heavy atom. The second kappa shape index (κ2) is 8.03. The van der Waals surface area contributed by atoms with Gasteiger partial charge in [-0.05, 0) is 18.1 Å². The largest absolute Gasteiger partial charge is 0.412 e. The van der Waals surface area contributed by atoms with Crippen LogP contribution < -0.4 is 10.1 Å². The third-order valence-corrected chi connectivity index (χ3v) is 4.17. The van der Waals surface area contributed by atoms with Gasteiger partial charge in [-0.3, -0.25) is 0 Å². The summed E-state index contributed by atoms with van der Waals surface area (Å²) in [7, 11) is 1.56. The van der Waals surface area contributed by atoms with E-state index in [-0.39, 0.29) is 0 Å². The summed E-state index contributed by atoms with van der Waals surface area (Å²) in [5.41, 5.74) is 0. The van der Waals surface area contributed by atoms with Crippen molar-refractivity contribution in [2.45, 2.75) is 31.6 Å². The van der Waals surface area contributed by atoms with E-state index in [4.69, 9.17) is 4.74 Å². The molecular weight excluding hydrogens is 246 g/mol. The van der Waals surface area contributed by atoms with Gasteiger partial charge in [0.2, 0.25) is 0 Å². The van der Waals surface area contributed by atoms with E-state index in [2.05, 4.69) is 19.2 Å². The van der Waals surface area contributed by atoms with Gasteiger partial charge in [-0.25, -0.2) is 4.79 Å². The first-order valence-corrected chi connectivity index (χ1v) is 7.31. The summed E-state index contributed by atoms with van der Waals surface area (Å²) in [6, 6.07) is 7.65. The van der Waals surface area contributed by atoms with Crippen molar-refractivity contribution in [1.29, 1.82) is 0 Å². The molecule has 100 valence electrons. The number of amides is 1. The number of carbonyl (C=O) groups excluding carboxylic acids is 1. The Kier molecular flexibility index (Phi) is 6.65. The molecule has 0 aromatic heterocycles. The third kappa shape index (κ3) is 4.61. The summed E-state index contributed by atoms with van der Waals surface area (Å²) in [5.74, 6) is 2.40. The van der Waals surface area contributed by atoms with Gasteiger partial charge in [0.05, 0.1) is 4.90 Å². The van der Waals surface area contributed by atoms with Crippen LogP contribution in [0.25, 0.3) is 0 Å². The zero-order valence-corrected chi connectivity index (χ0v) is 12.0. The number of rotatable bonds is 6. The van der Waals surface area contributed by atoms with Crippen molar-refractivity contribution in [2.75, 3.05) is 12.8 Å². The van der Waals surface area contributed by atoms with Gasteiger partial charge < -0.3 is 10.1 Å². The lowest BCUT2D eigenvalue weighted by molar-refractivity contribution is 0.202. The molecule has 0 aliphatic carbocycles. The van der Waals surface area contributed by atoms with Crippen molar-refractivity contribution in [3.8, 4) is 5.75 Å². The van der Waals surface area contributed by atoms with Crippen LogP contribution in [0.2, 0.25) is 0 Å². The SMILES string of the molecule is CCC(CC)CSc1ccccc1OC(=O)NC. The molecule has 1 rings (SSSR count). The summed E-state index contributed by atoms with van der Waals surface area (Å²) in [6.07, 6.45) is 1.94. The Labute approximate surface area is 113 Å². The van der Waals surface area contributed by atoms with Crippen LogP contribution in [0.3, 0.4) is 0 Å². The van der Waals surface area contributed by atoms with Crippen LogP contribution in [0.4, 0.5) is 4.79 Å². The molecule has 1 amide bonds. The monoisotopic (exact) mass is 267 g/mol. The number of benzene rings is 1. The molecule has 3 nitrogen and oxygen atoms in total. The lowest BCUT2D eigenvalue weighted by atomic mass is 10.1. The maximum atomic E-state index is 11.2. The fraction of sp³-hybridized carbons (Fsp3) is 0.500.